The smallest absolute Gasteiger partial charge is 0.261 e. The van der Waals surface area contributed by atoms with E-state index in [1.54, 1.807) is 18.2 Å². The summed E-state index contributed by atoms with van der Waals surface area (Å²) in [6.07, 6.45) is 1.81. The molecule has 3 amide bonds. The monoisotopic (exact) mass is 568 g/mol. The summed E-state index contributed by atoms with van der Waals surface area (Å²) < 4.78 is 0. The molecular formula is C30H34Cl2N4O3. The van der Waals surface area contributed by atoms with E-state index in [0.717, 1.165) is 36.1 Å². The van der Waals surface area contributed by atoms with Gasteiger partial charge >= 0.3 is 0 Å². The Labute approximate surface area is 239 Å². The SMILES string of the molecule is CN(C)CCN1C(=O)c2cccc3cc(NC(=O)CCCc4ccc(N(CCCl)CCCl)cc4)cc(c23)C1=O. The molecule has 0 aliphatic carbocycles. The molecule has 3 aromatic carbocycles. The number of alkyl halides is 2. The first-order valence-corrected chi connectivity index (χ1v) is 14.2. The fourth-order valence-electron chi connectivity index (χ4n) is 4.86. The summed E-state index contributed by atoms with van der Waals surface area (Å²) >= 11 is 11.8. The van der Waals surface area contributed by atoms with Gasteiger partial charge in [-0.2, -0.15) is 0 Å². The van der Waals surface area contributed by atoms with Gasteiger partial charge in [0.25, 0.3) is 11.8 Å². The summed E-state index contributed by atoms with van der Waals surface area (Å²) in [5.41, 5.74) is 3.74. The quantitative estimate of drug-likeness (QED) is 0.225. The zero-order valence-corrected chi connectivity index (χ0v) is 23.9. The lowest BCUT2D eigenvalue weighted by Gasteiger charge is -2.28. The number of imide groups is 1. The fourth-order valence-corrected chi connectivity index (χ4v) is 5.27. The van der Waals surface area contributed by atoms with E-state index >= 15 is 0 Å². The Morgan fingerprint density at radius 1 is 0.897 bits per heavy atom. The van der Waals surface area contributed by atoms with Crippen molar-refractivity contribution in [3.05, 3.63) is 71.3 Å². The Balaban J connectivity index is 1.40. The number of rotatable bonds is 13. The maximum Gasteiger partial charge on any atom is 0.261 e. The Bertz CT molecular complexity index is 1340. The third kappa shape index (κ3) is 6.90. The highest BCUT2D eigenvalue weighted by Crippen LogP contribution is 2.33. The molecular weight excluding hydrogens is 535 g/mol. The largest absolute Gasteiger partial charge is 0.369 e. The Morgan fingerprint density at radius 2 is 1.59 bits per heavy atom. The number of carbonyl (C=O) groups excluding carboxylic acids is 3. The second-order valence-electron chi connectivity index (χ2n) is 9.93. The highest BCUT2D eigenvalue weighted by atomic mass is 35.5. The van der Waals surface area contributed by atoms with Crippen molar-refractivity contribution in [1.29, 1.82) is 0 Å². The van der Waals surface area contributed by atoms with Crippen molar-refractivity contribution in [2.45, 2.75) is 19.3 Å². The number of benzene rings is 3. The Morgan fingerprint density at radius 3 is 2.26 bits per heavy atom. The lowest BCUT2D eigenvalue weighted by Crippen LogP contribution is -2.43. The van der Waals surface area contributed by atoms with Crippen molar-refractivity contribution in [2.24, 2.45) is 0 Å². The molecule has 0 atom stereocenters. The molecule has 4 rings (SSSR count). The van der Waals surface area contributed by atoms with E-state index in [1.165, 1.54) is 4.90 Å². The average Bonchev–Trinajstić information content (AvgIpc) is 2.91. The molecule has 0 saturated heterocycles. The minimum Gasteiger partial charge on any atom is -0.369 e. The Kier molecular flexibility index (Phi) is 9.83. The van der Waals surface area contributed by atoms with Crippen LogP contribution in [0.4, 0.5) is 11.4 Å². The lowest BCUT2D eigenvalue weighted by atomic mass is 9.93. The van der Waals surface area contributed by atoms with Crippen LogP contribution in [0, 0.1) is 0 Å². The van der Waals surface area contributed by atoms with Gasteiger partial charge in [0.2, 0.25) is 5.91 Å². The number of amides is 3. The average molecular weight is 570 g/mol. The molecule has 0 saturated carbocycles. The Hall–Kier alpha value is -3.13. The molecule has 1 aliphatic rings. The number of nitrogens with one attached hydrogen (secondary N) is 1. The van der Waals surface area contributed by atoms with Crippen LogP contribution in [0.15, 0.2) is 54.6 Å². The third-order valence-corrected chi connectivity index (χ3v) is 7.20. The predicted octanol–water partition coefficient (Wildman–Crippen LogP) is 5.24. The van der Waals surface area contributed by atoms with Gasteiger partial charge in [0, 0.05) is 66.7 Å². The summed E-state index contributed by atoms with van der Waals surface area (Å²) in [4.78, 5) is 44.5. The summed E-state index contributed by atoms with van der Waals surface area (Å²) in [6.45, 7) is 2.35. The molecule has 0 radical (unpaired) electrons. The van der Waals surface area contributed by atoms with Crippen LogP contribution in [-0.2, 0) is 11.2 Å². The van der Waals surface area contributed by atoms with Crippen LogP contribution in [0.1, 0.15) is 39.1 Å². The number of halogens is 2. The number of nitrogens with zero attached hydrogens (tertiary/aromatic N) is 3. The highest BCUT2D eigenvalue weighted by molar-refractivity contribution is 6.26. The zero-order chi connectivity index (χ0) is 27.9. The first kappa shape index (κ1) is 28.9. The summed E-state index contributed by atoms with van der Waals surface area (Å²) in [7, 11) is 3.80. The molecule has 9 heteroatoms. The second kappa shape index (κ2) is 13.3. The van der Waals surface area contributed by atoms with Crippen molar-refractivity contribution in [3.8, 4) is 0 Å². The van der Waals surface area contributed by atoms with Gasteiger partial charge in [-0.25, -0.2) is 0 Å². The summed E-state index contributed by atoms with van der Waals surface area (Å²) in [6, 6.07) is 17.2. The van der Waals surface area contributed by atoms with E-state index in [4.69, 9.17) is 23.2 Å². The number of anilines is 2. The van der Waals surface area contributed by atoms with Crippen molar-refractivity contribution in [2.75, 3.05) is 62.3 Å². The second-order valence-corrected chi connectivity index (χ2v) is 10.7. The van der Waals surface area contributed by atoms with Gasteiger partial charge in [0.05, 0.1) is 5.56 Å². The van der Waals surface area contributed by atoms with Gasteiger partial charge in [0.15, 0.2) is 0 Å². The van der Waals surface area contributed by atoms with Crippen molar-refractivity contribution < 1.29 is 14.4 Å². The van der Waals surface area contributed by atoms with Crippen molar-refractivity contribution in [1.82, 2.24) is 9.80 Å². The summed E-state index contributed by atoms with van der Waals surface area (Å²) in [5, 5.41) is 4.35. The summed E-state index contributed by atoms with van der Waals surface area (Å²) in [5.74, 6) is 0.341. The van der Waals surface area contributed by atoms with Crippen LogP contribution in [0.25, 0.3) is 10.8 Å². The van der Waals surface area contributed by atoms with Gasteiger partial charge in [-0.3, -0.25) is 19.3 Å². The van der Waals surface area contributed by atoms with Crippen molar-refractivity contribution >= 4 is 63.1 Å². The molecule has 39 heavy (non-hydrogen) atoms. The number of hydrogen-bond acceptors (Lipinski definition) is 5. The lowest BCUT2D eigenvalue weighted by molar-refractivity contribution is -0.116. The normalized spacial score (nSPS) is 12.9. The number of carbonyl (C=O) groups is 3. The van der Waals surface area contributed by atoms with Crippen LogP contribution in [0.3, 0.4) is 0 Å². The van der Waals surface area contributed by atoms with E-state index in [0.29, 0.717) is 59.9 Å². The molecule has 0 aromatic heterocycles. The number of likely N-dealkylation sites (N-methyl/N-ethyl adjacent to an activating group) is 1. The minimum absolute atomic E-state index is 0.117. The van der Waals surface area contributed by atoms with Crippen LogP contribution in [0.2, 0.25) is 0 Å². The highest BCUT2D eigenvalue weighted by Gasteiger charge is 2.33. The van der Waals surface area contributed by atoms with Crippen molar-refractivity contribution in [3.63, 3.8) is 0 Å². The van der Waals surface area contributed by atoms with Gasteiger partial charge in [-0.1, -0.05) is 24.3 Å². The van der Waals surface area contributed by atoms with E-state index < -0.39 is 0 Å². The minimum atomic E-state index is -0.333. The standard InChI is InChI=1S/C30H34Cl2N4O3/c1-34(2)17-18-36-29(38)25-7-4-6-22-19-23(20-26(28(22)25)30(36)39)33-27(37)8-3-5-21-9-11-24(12-10-21)35(15-13-31)16-14-32/h4,6-7,9-12,19-20H,3,5,8,13-18H2,1-2H3,(H,33,37). The van der Waals surface area contributed by atoms with Crippen LogP contribution in [0.5, 0.6) is 0 Å². The predicted molar refractivity (Wildman–Crippen MR) is 160 cm³/mol. The van der Waals surface area contributed by atoms with Gasteiger partial charge in [0.1, 0.15) is 0 Å². The molecule has 7 nitrogen and oxygen atoms in total. The van der Waals surface area contributed by atoms with Gasteiger partial charge in [-0.05, 0) is 68.2 Å². The number of hydrogen-bond donors (Lipinski definition) is 1. The van der Waals surface area contributed by atoms with E-state index in [1.807, 2.05) is 31.1 Å². The van der Waals surface area contributed by atoms with Gasteiger partial charge < -0.3 is 15.1 Å². The first-order valence-electron chi connectivity index (χ1n) is 13.2. The fraction of sp³-hybridized carbons (Fsp3) is 0.367. The zero-order valence-electron chi connectivity index (χ0n) is 22.4. The molecule has 0 bridgehead atoms. The topological polar surface area (TPSA) is 73.0 Å². The first-order chi connectivity index (χ1) is 18.8. The van der Waals surface area contributed by atoms with Crippen LogP contribution >= 0.6 is 23.2 Å². The van der Waals surface area contributed by atoms with Crippen LogP contribution < -0.4 is 10.2 Å². The van der Waals surface area contributed by atoms with E-state index in [9.17, 15) is 14.4 Å². The molecule has 1 N–H and O–H groups in total. The van der Waals surface area contributed by atoms with E-state index in [2.05, 4.69) is 34.5 Å². The maximum absolute atomic E-state index is 13.3. The molecule has 1 aliphatic heterocycles. The molecule has 3 aromatic rings. The van der Waals surface area contributed by atoms with Crippen LogP contribution in [-0.4, -0.2) is 79.6 Å². The van der Waals surface area contributed by atoms with E-state index in [-0.39, 0.29) is 17.7 Å². The van der Waals surface area contributed by atoms with Gasteiger partial charge in [-0.15, -0.1) is 23.2 Å². The molecule has 0 unspecified atom stereocenters. The third-order valence-electron chi connectivity index (χ3n) is 6.86. The maximum atomic E-state index is 13.3. The molecule has 1 heterocycles. The molecule has 206 valence electrons. The molecule has 0 spiro atoms. The molecule has 0 fully saturated rings. The number of aryl methyl sites for hydroxylation is 1.